The number of hydrogen-bond acceptors (Lipinski definition) is 7. The van der Waals surface area contributed by atoms with Crippen LogP contribution in [0.15, 0.2) is 41.8 Å². The van der Waals surface area contributed by atoms with Crippen LogP contribution in [0, 0.1) is 31.6 Å². The number of carbonyl (C=O) groups is 3. The first-order valence-corrected chi connectivity index (χ1v) is 15.8. The third-order valence-electron chi connectivity index (χ3n) is 9.40. The van der Waals surface area contributed by atoms with Gasteiger partial charge in [-0.25, -0.2) is 4.98 Å². The van der Waals surface area contributed by atoms with Crippen molar-refractivity contribution in [3.63, 3.8) is 0 Å². The molecule has 3 fully saturated rings. The highest BCUT2D eigenvalue weighted by molar-refractivity contribution is 7.14. The van der Waals surface area contributed by atoms with Crippen LogP contribution >= 0.6 is 11.3 Å². The van der Waals surface area contributed by atoms with E-state index >= 15 is 0 Å². The summed E-state index contributed by atoms with van der Waals surface area (Å²) in [6.45, 7) is 8.65. The largest absolute Gasteiger partial charge is 0.488 e. The van der Waals surface area contributed by atoms with Crippen molar-refractivity contribution in [3.05, 3.63) is 64.0 Å². The van der Waals surface area contributed by atoms with Crippen LogP contribution in [-0.2, 0) is 16.2 Å². The van der Waals surface area contributed by atoms with Crippen molar-refractivity contribution < 1.29 is 24.2 Å². The molecule has 0 radical (unpaired) electrons. The number of anilines is 1. The van der Waals surface area contributed by atoms with Crippen molar-refractivity contribution in [1.82, 2.24) is 14.8 Å². The highest BCUT2D eigenvalue weighted by atomic mass is 32.1. The molecular weight excluding hydrogens is 564 g/mol. The molecule has 2 bridgehead atoms. The van der Waals surface area contributed by atoms with Gasteiger partial charge in [0.25, 0.3) is 5.91 Å². The van der Waals surface area contributed by atoms with Crippen LogP contribution in [-0.4, -0.2) is 76.9 Å². The minimum Gasteiger partial charge on any atom is -0.488 e. The number of fused-ring (bicyclic) bond motifs is 2. The average Bonchev–Trinajstić information content (AvgIpc) is 3.58. The highest BCUT2D eigenvalue weighted by Gasteiger charge is 2.46. The normalized spacial score (nSPS) is 23.5. The number of carboxylic acids is 1. The molecule has 43 heavy (non-hydrogen) atoms. The van der Waals surface area contributed by atoms with E-state index in [0.717, 1.165) is 64.8 Å². The van der Waals surface area contributed by atoms with E-state index < -0.39 is 12.0 Å². The zero-order valence-corrected chi connectivity index (χ0v) is 25.9. The molecule has 3 aromatic rings. The van der Waals surface area contributed by atoms with Crippen LogP contribution in [0.25, 0.3) is 11.3 Å². The van der Waals surface area contributed by atoms with Gasteiger partial charge in [-0.3, -0.25) is 14.4 Å². The number of nitrogens with zero attached hydrogens (tertiary/aromatic N) is 4. The van der Waals surface area contributed by atoms with Crippen molar-refractivity contribution in [2.75, 3.05) is 38.1 Å². The van der Waals surface area contributed by atoms with Crippen molar-refractivity contribution in [2.45, 2.75) is 46.3 Å². The number of carboxylic acid groups (broad SMARTS) is 1. The molecule has 10 heteroatoms. The molecule has 2 saturated heterocycles. The molecule has 1 N–H and O–H groups in total. The smallest absolute Gasteiger partial charge is 0.307 e. The molecular formula is C33H38N4O5S. The summed E-state index contributed by atoms with van der Waals surface area (Å²) < 4.78 is 6.35. The standard InChI is InChI=1S/C33H38N4O5S/c1-19-5-10-28(26(13-19)27-18-43-33(34-27)36-15-23-7-8-24(16-36)29(23)32(40)41)42-17-25-9-6-22(14-20(25)2)31(39)37-12-11-35(4)30(38)21(37)3/h5-6,9-10,13-14,18,21,23-24,29H,7-8,11-12,15-17H2,1-4H3,(H,40,41). The Bertz CT molecular complexity index is 1560. The van der Waals surface area contributed by atoms with Gasteiger partial charge in [0.2, 0.25) is 5.91 Å². The van der Waals surface area contributed by atoms with Gasteiger partial charge in [0.15, 0.2) is 5.13 Å². The van der Waals surface area contributed by atoms with Crippen LogP contribution in [0.3, 0.4) is 0 Å². The lowest BCUT2D eigenvalue weighted by Crippen LogP contribution is -2.56. The zero-order valence-electron chi connectivity index (χ0n) is 25.1. The van der Waals surface area contributed by atoms with Gasteiger partial charge in [0, 0.05) is 49.7 Å². The van der Waals surface area contributed by atoms with Crippen LogP contribution in [0.5, 0.6) is 5.75 Å². The fourth-order valence-electron chi connectivity index (χ4n) is 6.89. The minimum absolute atomic E-state index is 0.0441. The lowest BCUT2D eigenvalue weighted by Gasteiger charge is -2.37. The molecule has 2 amide bonds. The first-order chi connectivity index (χ1) is 20.6. The predicted octanol–water partition coefficient (Wildman–Crippen LogP) is 4.86. The second kappa shape index (κ2) is 11.6. The van der Waals surface area contributed by atoms with E-state index in [1.807, 2.05) is 44.2 Å². The first-order valence-electron chi connectivity index (χ1n) is 14.9. The summed E-state index contributed by atoms with van der Waals surface area (Å²) in [5.74, 6) is 0.0186. The van der Waals surface area contributed by atoms with Gasteiger partial charge in [0.05, 0.1) is 11.6 Å². The van der Waals surface area contributed by atoms with E-state index in [2.05, 4.69) is 16.3 Å². The molecule has 3 heterocycles. The molecule has 3 atom stereocenters. The second-order valence-electron chi connectivity index (χ2n) is 12.2. The molecule has 6 rings (SSSR count). The number of likely N-dealkylation sites (N-methyl/N-ethyl adjacent to an activating group) is 1. The van der Waals surface area contributed by atoms with Crippen molar-refractivity contribution in [2.24, 2.45) is 17.8 Å². The third kappa shape index (κ3) is 5.60. The van der Waals surface area contributed by atoms with Crippen molar-refractivity contribution >= 4 is 34.3 Å². The SMILES string of the molecule is Cc1ccc(OCc2ccc(C(=O)N3CCN(C)C(=O)C3C)cc2C)c(-c2csc(N3CC4CCC(C3)C4C(=O)O)n2)c1. The number of carbonyl (C=O) groups excluding carboxylic acids is 2. The number of piperidine rings is 1. The molecule has 3 aliphatic rings. The van der Waals surface area contributed by atoms with E-state index in [9.17, 15) is 19.5 Å². The molecule has 1 saturated carbocycles. The Morgan fingerprint density at radius 2 is 1.81 bits per heavy atom. The zero-order chi connectivity index (χ0) is 30.4. The van der Waals surface area contributed by atoms with Gasteiger partial charge in [0.1, 0.15) is 18.4 Å². The van der Waals surface area contributed by atoms with E-state index in [1.54, 1.807) is 35.1 Å². The van der Waals surface area contributed by atoms with Gasteiger partial charge in [-0.1, -0.05) is 17.7 Å². The van der Waals surface area contributed by atoms with Gasteiger partial charge in [-0.15, -0.1) is 11.3 Å². The number of aryl methyl sites for hydroxylation is 2. The average molecular weight is 603 g/mol. The number of aliphatic carboxylic acids is 1. The van der Waals surface area contributed by atoms with Gasteiger partial charge in [-0.05, 0) is 80.8 Å². The molecule has 1 aliphatic carbocycles. The summed E-state index contributed by atoms with van der Waals surface area (Å²) in [5, 5.41) is 12.7. The number of piperazine rings is 1. The monoisotopic (exact) mass is 602 g/mol. The van der Waals surface area contributed by atoms with Crippen LogP contribution in [0.1, 0.15) is 46.8 Å². The summed E-state index contributed by atoms with van der Waals surface area (Å²) >= 11 is 1.59. The maximum absolute atomic E-state index is 13.2. The molecule has 0 spiro atoms. The Hall–Kier alpha value is -3.92. The number of aromatic nitrogens is 1. The van der Waals surface area contributed by atoms with E-state index in [-0.39, 0.29) is 29.6 Å². The lowest BCUT2D eigenvalue weighted by atomic mass is 9.85. The minimum atomic E-state index is -0.661. The number of benzene rings is 2. The van der Waals surface area contributed by atoms with Crippen LogP contribution < -0.4 is 9.64 Å². The lowest BCUT2D eigenvalue weighted by molar-refractivity contribution is -0.144. The summed E-state index contributed by atoms with van der Waals surface area (Å²) in [7, 11) is 1.77. The first kappa shape index (κ1) is 29.2. The molecule has 226 valence electrons. The summed E-state index contributed by atoms with van der Waals surface area (Å²) in [5.41, 5.74) is 5.36. The van der Waals surface area contributed by atoms with Crippen molar-refractivity contribution in [1.29, 1.82) is 0 Å². The quantitative estimate of drug-likeness (QED) is 0.412. The Balaban J connectivity index is 1.16. The molecule has 2 aliphatic heterocycles. The number of rotatable bonds is 7. The predicted molar refractivity (Wildman–Crippen MR) is 165 cm³/mol. The van der Waals surface area contributed by atoms with Crippen LogP contribution in [0.4, 0.5) is 5.13 Å². The second-order valence-corrected chi connectivity index (χ2v) is 13.1. The van der Waals surface area contributed by atoms with E-state index in [0.29, 0.717) is 25.3 Å². The number of amides is 2. The van der Waals surface area contributed by atoms with E-state index in [1.165, 1.54) is 0 Å². The number of ether oxygens (including phenoxy) is 1. The Morgan fingerprint density at radius 1 is 1.07 bits per heavy atom. The van der Waals surface area contributed by atoms with Crippen molar-refractivity contribution in [3.8, 4) is 17.0 Å². The van der Waals surface area contributed by atoms with Crippen LogP contribution in [0.2, 0.25) is 0 Å². The van der Waals surface area contributed by atoms with Gasteiger partial charge in [-0.2, -0.15) is 0 Å². The molecule has 1 aromatic heterocycles. The fourth-order valence-corrected chi connectivity index (χ4v) is 7.73. The summed E-state index contributed by atoms with van der Waals surface area (Å²) in [4.78, 5) is 48.0. The third-order valence-corrected chi connectivity index (χ3v) is 10.3. The fraction of sp³-hybridized carbons (Fsp3) is 0.455. The molecule has 3 unspecified atom stereocenters. The Morgan fingerprint density at radius 3 is 2.51 bits per heavy atom. The maximum atomic E-state index is 13.2. The highest BCUT2D eigenvalue weighted by Crippen LogP contribution is 2.44. The number of thiazole rings is 1. The van der Waals surface area contributed by atoms with E-state index in [4.69, 9.17) is 9.72 Å². The Labute approximate surface area is 256 Å². The number of hydrogen-bond donors (Lipinski definition) is 1. The molecule has 2 aromatic carbocycles. The summed E-state index contributed by atoms with van der Waals surface area (Å²) in [6, 6.07) is 11.2. The Kier molecular flexibility index (Phi) is 7.89. The summed E-state index contributed by atoms with van der Waals surface area (Å²) in [6.07, 6.45) is 1.94. The topological polar surface area (TPSA) is 103 Å². The maximum Gasteiger partial charge on any atom is 0.307 e. The van der Waals surface area contributed by atoms with Gasteiger partial charge >= 0.3 is 5.97 Å². The van der Waals surface area contributed by atoms with Gasteiger partial charge < -0.3 is 24.5 Å². The molecule has 9 nitrogen and oxygen atoms in total.